The first-order chi connectivity index (χ1) is 26.3. The number of fused-ring (bicyclic) bond motifs is 4. The number of hydrogen-bond donors (Lipinski definition) is 4. The molecule has 0 aliphatic carbocycles. The zero-order valence-corrected chi connectivity index (χ0v) is 31.4. The molecule has 0 atom stereocenters. The molecule has 0 radical (unpaired) electrons. The van der Waals surface area contributed by atoms with Gasteiger partial charge in [-0.1, -0.05) is 13.2 Å². The predicted molar refractivity (Wildman–Crippen MR) is 220 cm³/mol. The molecule has 9 rings (SSSR count). The van der Waals surface area contributed by atoms with Gasteiger partial charge in [-0.3, -0.25) is 0 Å². The summed E-state index contributed by atoms with van der Waals surface area (Å²) in [6.45, 7) is 18.9. The highest BCUT2D eigenvalue weighted by Crippen LogP contribution is 2.47. The monoisotopic (exact) mass is 729 g/mol. The van der Waals surface area contributed by atoms with Crippen LogP contribution >= 0.6 is 0 Å². The van der Waals surface area contributed by atoms with E-state index in [2.05, 4.69) is 70.9 Å². The summed E-state index contributed by atoms with van der Waals surface area (Å²) in [7, 11) is 0. The number of benzene rings is 3. The second-order valence-electron chi connectivity index (χ2n) is 14.4. The Hall–Kier alpha value is -5.29. The number of piperazine rings is 1. The summed E-state index contributed by atoms with van der Waals surface area (Å²) in [5, 5.41) is 6.39. The lowest BCUT2D eigenvalue weighted by atomic mass is 9.85. The number of ether oxygens (including phenoxy) is 2. The third-order valence-electron chi connectivity index (χ3n) is 10.5. The van der Waals surface area contributed by atoms with E-state index in [1.54, 1.807) is 12.1 Å². The number of quaternary nitrogens is 1. The zero-order valence-electron chi connectivity index (χ0n) is 31.4. The molecule has 5 aliphatic rings. The Bertz CT molecular complexity index is 2160. The van der Waals surface area contributed by atoms with Gasteiger partial charge in [-0.2, -0.15) is 0 Å². The van der Waals surface area contributed by atoms with Crippen molar-refractivity contribution in [3.05, 3.63) is 124 Å². The summed E-state index contributed by atoms with van der Waals surface area (Å²) in [6, 6.07) is 17.6. The maximum atomic E-state index is 11.0. The van der Waals surface area contributed by atoms with E-state index in [-0.39, 0.29) is 5.63 Å². The standard InChI is InChI=1S/C18H22N2O.C15H18N2O.C11H12N2O2/c1-12-10-13(6-7-19)16-11-14-4-2-8-20-9-3-5-15(17(14)20)18(16)21-12;1-11-9-12(2)18-15-10-13(3-4-14(11)15)17-7-5-16-6-8-17;12-5-6-13-9-3-1-8-2-4-11(14)15-10(8)7-9/h10-11H,1-9,19H2;3-4,9-10,16H,2,5-8H2,1H3;1-4,7,13H,5-6,12H2/p+1. The van der Waals surface area contributed by atoms with Gasteiger partial charge in [0.15, 0.2) is 0 Å². The molecular formula is C44H53N6O4+. The Morgan fingerprint density at radius 3 is 2.41 bits per heavy atom. The van der Waals surface area contributed by atoms with Crippen molar-refractivity contribution in [1.82, 2.24) is 0 Å². The van der Waals surface area contributed by atoms with Gasteiger partial charge < -0.3 is 45.8 Å². The minimum absolute atomic E-state index is 0.335. The molecule has 1 aromatic heterocycles. The summed E-state index contributed by atoms with van der Waals surface area (Å²) >= 11 is 0. The van der Waals surface area contributed by atoms with Crippen LogP contribution in [-0.4, -0.2) is 58.9 Å². The molecule has 10 heteroatoms. The molecule has 3 aromatic carbocycles. The molecule has 0 unspecified atom stereocenters. The molecule has 1 saturated heterocycles. The first kappa shape index (κ1) is 37.0. The average Bonchev–Trinajstić information content (AvgIpc) is 3.18. The van der Waals surface area contributed by atoms with E-state index >= 15 is 0 Å². The topological polar surface area (TPSA) is 136 Å². The van der Waals surface area contributed by atoms with Gasteiger partial charge in [-0.05, 0) is 111 Å². The van der Waals surface area contributed by atoms with Crippen LogP contribution in [-0.2, 0) is 12.8 Å². The van der Waals surface area contributed by atoms with Crippen molar-refractivity contribution in [3.63, 3.8) is 0 Å². The minimum atomic E-state index is -0.335. The van der Waals surface area contributed by atoms with Crippen molar-refractivity contribution < 1.29 is 19.2 Å². The maximum Gasteiger partial charge on any atom is 0.336 e. The van der Waals surface area contributed by atoms with Crippen molar-refractivity contribution in [2.75, 3.05) is 74.0 Å². The molecule has 282 valence electrons. The van der Waals surface area contributed by atoms with E-state index in [0.717, 1.165) is 60.0 Å². The minimum Gasteiger partial charge on any atom is -0.457 e. The lowest BCUT2D eigenvalue weighted by Gasteiger charge is -2.39. The number of allylic oxidation sites excluding steroid dienone is 3. The molecule has 5 aliphatic heterocycles. The van der Waals surface area contributed by atoms with Gasteiger partial charge in [0, 0.05) is 83.5 Å². The molecule has 4 aromatic rings. The Kier molecular flexibility index (Phi) is 11.5. The summed E-state index contributed by atoms with van der Waals surface area (Å²) in [5.41, 5.74) is 22.9. The largest absolute Gasteiger partial charge is 0.457 e. The third-order valence-corrected chi connectivity index (χ3v) is 10.5. The van der Waals surface area contributed by atoms with Gasteiger partial charge in [-0.15, -0.1) is 0 Å². The smallest absolute Gasteiger partial charge is 0.336 e. The highest BCUT2D eigenvalue weighted by atomic mass is 16.5. The predicted octanol–water partition coefficient (Wildman–Crippen LogP) is 5.57. The maximum absolute atomic E-state index is 11.0. The van der Waals surface area contributed by atoms with Gasteiger partial charge in [0.05, 0.1) is 26.2 Å². The molecule has 10 nitrogen and oxygen atoms in total. The van der Waals surface area contributed by atoms with Crippen molar-refractivity contribution in [1.29, 1.82) is 0 Å². The molecule has 0 saturated carbocycles. The first-order valence-electron chi connectivity index (χ1n) is 19.3. The van der Waals surface area contributed by atoms with Crippen molar-refractivity contribution >= 4 is 39.2 Å². The van der Waals surface area contributed by atoms with Crippen LogP contribution < -0.4 is 47.0 Å². The van der Waals surface area contributed by atoms with Crippen LogP contribution in [0.25, 0.3) is 22.1 Å². The summed E-state index contributed by atoms with van der Waals surface area (Å²) < 4.78 is 16.8. The van der Waals surface area contributed by atoms with Gasteiger partial charge in [0.1, 0.15) is 28.6 Å². The quantitative estimate of drug-likeness (QED) is 0.188. The lowest BCUT2D eigenvalue weighted by Crippen LogP contribution is -2.89. The van der Waals surface area contributed by atoms with E-state index in [4.69, 9.17) is 25.4 Å². The number of hydrogen-bond acceptors (Lipinski definition) is 9. The molecule has 0 amide bonds. The Balaban J connectivity index is 0.000000127. The summed E-state index contributed by atoms with van der Waals surface area (Å²) in [6.07, 6.45) is 9.70. The van der Waals surface area contributed by atoms with Crippen LogP contribution in [0.5, 0.6) is 11.5 Å². The molecular weight excluding hydrogens is 677 g/mol. The normalized spacial score (nSPS) is 16.9. The van der Waals surface area contributed by atoms with Crippen LogP contribution in [0, 0.1) is 0 Å². The first-order valence-corrected chi connectivity index (χ1v) is 19.3. The van der Waals surface area contributed by atoms with Gasteiger partial charge >= 0.3 is 5.63 Å². The second-order valence-corrected chi connectivity index (χ2v) is 14.4. The van der Waals surface area contributed by atoms with E-state index in [9.17, 15) is 4.79 Å². The average molecular weight is 730 g/mol. The van der Waals surface area contributed by atoms with Gasteiger partial charge in [0.25, 0.3) is 0 Å². The van der Waals surface area contributed by atoms with Gasteiger partial charge in [-0.25, -0.2) is 4.79 Å². The van der Waals surface area contributed by atoms with Crippen LogP contribution in [0.15, 0.2) is 101 Å². The highest BCUT2D eigenvalue weighted by Gasteiger charge is 2.31. The van der Waals surface area contributed by atoms with Crippen molar-refractivity contribution in [3.8, 4) is 11.5 Å². The fourth-order valence-corrected chi connectivity index (χ4v) is 7.98. The van der Waals surface area contributed by atoms with Crippen LogP contribution in [0.4, 0.5) is 17.1 Å². The van der Waals surface area contributed by atoms with Crippen molar-refractivity contribution in [2.24, 2.45) is 11.5 Å². The van der Waals surface area contributed by atoms with E-state index < -0.39 is 0 Å². The summed E-state index contributed by atoms with van der Waals surface area (Å²) in [4.78, 5) is 16.0. The fraction of sp³-hybridized carbons (Fsp3) is 0.341. The summed E-state index contributed by atoms with van der Waals surface area (Å²) in [5.74, 6) is 3.46. The number of rotatable bonds is 6. The molecule has 1 fully saturated rings. The highest BCUT2D eigenvalue weighted by molar-refractivity contribution is 5.82. The number of anilines is 3. The molecule has 0 bridgehead atoms. The third kappa shape index (κ3) is 8.26. The van der Waals surface area contributed by atoms with Gasteiger partial charge in [0.2, 0.25) is 0 Å². The SMILES string of the molecule is C=C1C=C(C)c2ccc(N3CC[NH2+]CC3)cc2O1.C=C1C=C(CCN)c2cc3c4c(c2O1)CCCN4CCC3.NCCNc1ccc2ccc(=O)oc2c1. The molecule has 54 heavy (non-hydrogen) atoms. The molecule has 0 spiro atoms. The number of nitrogens with one attached hydrogen (secondary N) is 1. The fourth-order valence-electron chi connectivity index (χ4n) is 7.98. The molecule has 7 N–H and O–H groups in total. The van der Waals surface area contributed by atoms with Crippen LogP contribution in [0.3, 0.4) is 0 Å². The van der Waals surface area contributed by atoms with E-state index in [1.807, 2.05) is 18.2 Å². The second kappa shape index (κ2) is 16.8. The lowest BCUT2D eigenvalue weighted by molar-refractivity contribution is -0.655. The Morgan fingerprint density at radius 2 is 1.61 bits per heavy atom. The van der Waals surface area contributed by atoms with Crippen LogP contribution in [0.1, 0.15) is 48.4 Å². The van der Waals surface area contributed by atoms with E-state index in [0.29, 0.717) is 25.2 Å². The Labute approximate surface area is 317 Å². The number of aryl methyl sites for hydroxylation is 1. The zero-order chi connectivity index (χ0) is 37.6. The molecule has 6 heterocycles. The Morgan fingerprint density at radius 1 is 0.833 bits per heavy atom. The van der Waals surface area contributed by atoms with E-state index in [1.165, 1.54) is 96.3 Å². The number of nitrogens with two attached hydrogens (primary N) is 3. The van der Waals surface area contributed by atoms with Crippen LogP contribution in [0.2, 0.25) is 0 Å². The van der Waals surface area contributed by atoms with Crippen molar-refractivity contribution in [2.45, 2.75) is 39.0 Å². The number of nitrogens with zero attached hydrogens (tertiary/aromatic N) is 2.